The van der Waals surface area contributed by atoms with Crippen LogP contribution in [0.15, 0.2) is 30.3 Å². The largest absolute Gasteiger partial charge is 0.301 e. The molecule has 1 aliphatic carbocycles. The smallest absolute Gasteiger partial charge is 0.230 e. The van der Waals surface area contributed by atoms with Gasteiger partial charge in [0.25, 0.3) is 0 Å². The van der Waals surface area contributed by atoms with Gasteiger partial charge in [-0.1, -0.05) is 53.0 Å². The first-order chi connectivity index (χ1) is 14.5. The van der Waals surface area contributed by atoms with Gasteiger partial charge in [0.15, 0.2) is 0 Å². The Morgan fingerprint density at radius 2 is 1.77 bits per heavy atom. The van der Waals surface area contributed by atoms with Gasteiger partial charge in [0.05, 0.1) is 6.42 Å². The minimum absolute atomic E-state index is 0.0870. The Morgan fingerprint density at radius 1 is 1.00 bits per heavy atom. The third-order valence-electron chi connectivity index (χ3n) is 5.00. The summed E-state index contributed by atoms with van der Waals surface area (Å²) in [4.78, 5) is 23.3. The van der Waals surface area contributed by atoms with Crippen molar-refractivity contribution in [2.75, 3.05) is 10.6 Å². The van der Waals surface area contributed by atoms with Gasteiger partial charge in [-0.25, -0.2) is 0 Å². The van der Waals surface area contributed by atoms with E-state index >= 15 is 0 Å². The van der Waals surface area contributed by atoms with Crippen LogP contribution in [0.3, 0.4) is 0 Å². The molecule has 0 saturated heterocycles. The number of hydrogen-bond acceptors (Lipinski definition) is 8. The van der Waals surface area contributed by atoms with Crippen LogP contribution < -0.4 is 10.6 Å². The number of amides is 2. The molecule has 0 unspecified atom stereocenters. The Bertz CT molecular complexity index is 1020. The molecule has 2 atom stereocenters. The van der Waals surface area contributed by atoms with E-state index in [4.69, 9.17) is 0 Å². The Hall–Kier alpha value is -2.72. The van der Waals surface area contributed by atoms with Crippen molar-refractivity contribution >= 4 is 44.8 Å². The highest BCUT2D eigenvalue weighted by atomic mass is 32.1. The lowest BCUT2D eigenvalue weighted by atomic mass is 10.0. The molecule has 2 N–H and O–H groups in total. The van der Waals surface area contributed by atoms with E-state index in [-0.39, 0.29) is 11.8 Å². The van der Waals surface area contributed by atoms with Crippen molar-refractivity contribution in [3.05, 3.63) is 45.9 Å². The molecule has 0 radical (unpaired) electrons. The third kappa shape index (κ3) is 5.45. The van der Waals surface area contributed by atoms with Gasteiger partial charge in [-0.15, -0.1) is 20.4 Å². The normalized spacial score (nSPS) is 18.3. The molecule has 2 amide bonds. The van der Waals surface area contributed by atoms with Gasteiger partial charge in [0.2, 0.25) is 22.1 Å². The maximum atomic E-state index is 12.2. The molecule has 2 heterocycles. The van der Waals surface area contributed by atoms with Crippen molar-refractivity contribution in [2.24, 2.45) is 5.92 Å². The minimum atomic E-state index is -0.134. The zero-order valence-electron chi connectivity index (χ0n) is 16.5. The van der Waals surface area contributed by atoms with Crippen LogP contribution in [0.2, 0.25) is 0 Å². The summed E-state index contributed by atoms with van der Waals surface area (Å²) in [5.41, 5.74) is 0.968. The molecule has 8 nitrogen and oxygen atoms in total. The second-order valence-corrected chi connectivity index (χ2v) is 9.49. The lowest BCUT2D eigenvalue weighted by molar-refractivity contribution is -0.116. The number of carbonyl (C=O) groups is 2. The minimum Gasteiger partial charge on any atom is -0.301 e. The van der Waals surface area contributed by atoms with Crippen molar-refractivity contribution in [2.45, 2.75) is 44.9 Å². The molecule has 2 aromatic heterocycles. The fourth-order valence-corrected chi connectivity index (χ4v) is 5.47. The molecule has 1 saturated carbocycles. The van der Waals surface area contributed by atoms with Gasteiger partial charge in [-0.2, -0.15) is 0 Å². The van der Waals surface area contributed by atoms with E-state index in [9.17, 15) is 9.59 Å². The summed E-state index contributed by atoms with van der Waals surface area (Å²) in [7, 11) is 0. The Kier molecular flexibility index (Phi) is 6.44. The Balaban J connectivity index is 1.27. The molecule has 156 valence electrons. The van der Waals surface area contributed by atoms with E-state index in [2.05, 4.69) is 31.0 Å². The predicted octanol–water partition coefficient (Wildman–Crippen LogP) is 3.66. The first-order valence-electron chi connectivity index (χ1n) is 9.82. The predicted molar refractivity (Wildman–Crippen MR) is 117 cm³/mol. The summed E-state index contributed by atoms with van der Waals surface area (Å²) in [5.74, 6) is 0.651. The van der Waals surface area contributed by atoms with Crippen LogP contribution in [0.25, 0.3) is 0 Å². The molecule has 1 fully saturated rings. The molecule has 0 spiro atoms. The van der Waals surface area contributed by atoms with Crippen molar-refractivity contribution in [1.82, 2.24) is 20.4 Å². The van der Waals surface area contributed by atoms with Crippen LogP contribution in [-0.4, -0.2) is 32.2 Å². The van der Waals surface area contributed by atoms with Gasteiger partial charge in [0.1, 0.15) is 10.0 Å². The first-order valence-corrected chi connectivity index (χ1v) is 11.5. The second-order valence-electron chi connectivity index (χ2n) is 7.42. The van der Waals surface area contributed by atoms with E-state index in [1.54, 1.807) is 0 Å². The molecule has 3 aromatic rings. The molecule has 1 aromatic carbocycles. The first kappa shape index (κ1) is 20.5. The van der Waals surface area contributed by atoms with Crippen molar-refractivity contribution < 1.29 is 9.59 Å². The molecule has 1 aliphatic rings. The van der Waals surface area contributed by atoms with Gasteiger partial charge < -0.3 is 10.6 Å². The number of anilines is 2. The number of nitrogens with one attached hydrogen (secondary N) is 2. The molecular weight excluding hydrogens is 420 g/mol. The average molecular weight is 443 g/mol. The van der Waals surface area contributed by atoms with Crippen LogP contribution in [-0.2, 0) is 22.4 Å². The van der Waals surface area contributed by atoms with Gasteiger partial charge in [-0.05, 0) is 30.7 Å². The average Bonchev–Trinajstić information content (AvgIpc) is 3.44. The summed E-state index contributed by atoms with van der Waals surface area (Å²) < 4.78 is 0. The summed E-state index contributed by atoms with van der Waals surface area (Å²) >= 11 is 2.89. The summed E-state index contributed by atoms with van der Waals surface area (Å²) in [6.45, 7) is 1.47. The molecular formula is C20H22N6O2S2. The summed E-state index contributed by atoms with van der Waals surface area (Å²) in [6.07, 6.45) is 4.33. The number of aromatic nitrogens is 4. The van der Waals surface area contributed by atoms with E-state index < -0.39 is 0 Å². The van der Waals surface area contributed by atoms with Gasteiger partial charge in [0, 0.05) is 19.3 Å². The van der Waals surface area contributed by atoms with Crippen LogP contribution in [0.5, 0.6) is 0 Å². The van der Waals surface area contributed by atoms with Crippen LogP contribution in [0, 0.1) is 5.92 Å². The fraction of sp³-hybridized carbons (Fsp3) is 0.400. The van der Waals surface area contributed by atoms with E-state index in [0.717, 1.165) is 41.3 Å². The second kappa shape index (κ2) is 9.40. The van der Waals surface area contributed by atoms with Gasteiger partial charge in [-0.3, -0.25) is 9.59 Å². The summed E-state index contributed by atoms with van der Waals surface area (Å²) in [6, 6.07) is 9.63. The molecule has 30 heavy (non-hydrogen) atoms. The van der Waals surface area contributed by atoms with Crippen LogP contribution in [0.4, 0.5) is 10.3 Å². The maximum absolute atomic E-state index is 12.2. The van der Waals surface area contributed by atoms with Crippen LogP contribution in [0.1, 0.15) is 47.7 Å². The SMILES string of the molecule is CC(=O)Nc1nnc([C@@H]2CC[C@H](Cc3nnc(NC(=O)Cc4ccccc4)s3)C2)s1. The number of benzene rings is 1. The molecule has 4 rings (SSSR count). The zero-order chi connectivity index (χ0) is 20.9. The summed E-state index contributed by atoms with van der Waals surface area (Å²) in [5, 5.41) is 25.2. The highest BCUT2D eigenvalue weighted by Gasteiger charge is 2.29. The number of nitrogens with zero attached hydrogens (tertiary/aromatic N) is 4. The highest BCUT2D eigenvalue weighted by Crippen LogP contribution is 2.41. The topological polar surface area (TPSA) is 110 Å². The Labute approximate surface area is 182 Å². The number of carbonyl (C=O) groups excluding carboxylic acids is 2. The van der Waals surface area contributed by atoms with Crippen LogP contribution >= 0.6 is 22.7 Å². The molecule has 10 heteroatoms. The Morgan fingerprint density at radius 3 is 2.57 bits per heavy atom. The number of hydrogen-bond donors (Lipinski definition) is 2. The van der Waals surface area contributed by atoms with Crippen molar-refractivity contribution in [3.63, 3.8) is 0 Å². The van der Waals surface area contributed by atoms with E-state index in [0.29, 0.717) is 28.5 Å². The highest BCUT2D eigenvalue weighted by molar-refractivity contribution is 7.15. The van der Waals surface area contributed by atoms with E-state index in [1.165, 1.54) is 29.6 Å². The zero-order valence-corrected chi connectivity index (χ0v) is 18.1. The van der Waals surface area contributed by atoms with Gasteiger partial charge >= 0.3 is 0 Å². The third-order valence-corrected chi connectivity index (χ3v) is 6.86. The maximum Gasteiger partial charge on any atom is 0.230 e. The monoisotopic (exact) mass is 442 g/mol. The van der Waals surface area contributed by atoms with Crippen molar-refractivity contribution in [3.8, 4) is 0 Å². The van der Waals surface area contributed by atoms with E-state index in [1.807, 2.05) is 30.3 Å². The fourth-order valence-electron chi connectivity index (χ4n) is 3.66. The molecule has 0 aliphatic heterocycles. The standard InChI is InChI=1S/C20H22N6O2S2/c1-12(27)21-19-26-24-18(30-19)15-8-7-14(9-15)11-17-23-25-20(29-17)22-16(28)10-13-5-3-2-4-6-13/h2-6,14-15H,7-11H2,1H3,(H,21,26,27)(H,22,25,28)/t14-,15+/m0/s1. The number of rotatable bonds is 7. The molecule has 0 bridgehead atoms. The quantitative estimate of drug-likeness (QED) is 0.578. The lowest BCUT2D eigenvalue weighted by Gasteiger charge is -2.06. The lowest BCUT2D eigenvalue weighted by Crippen LogP contribution is -2.14. The van der Waals surface area contributed by atoms with Crippen molar-refractivity contribution in [1.29, 1.82) is 0 Å².